The van der Waals surface area contributed by atoms with Crippen molar-refractivity contribution >= 4 is 24.3 Å². The van der Waals surface area contributed by atoms with Crippen molar-refractivity contribution in [3.05, 3.63) is 64.9 Å². The van der Waals surface area contributed by atoms with Gasteiger partial charge in [-0.1, -0.05) is 0 Å². The number of benzene rings is 2. The Hall–Kier alpha value is -3.83. The maximum Gasteiger partial charge on any atom is 0.349 e. The predicted octanol–water partition coefficient (Wildman–Crippen LogP) is 3.22. The normalized spacial score (nSPS) is 9.62. The molecule has 7 nitrogen and oxygen atoms in total. The summed E-state index contributed by atoms with van der Waals surface area (Å²) in [5.41, 5.74) is 3.24. The third-order valence-electron chi connectivity index (χ3n) is 3.74. The number of hydrogen-bond acceptors (Lipinski definition) is 7. The number of methoxy groups -OCH3 is 2. The Balaban J connectivity index is 2.23. The van der Waals surface area contributed by atoms with Crippen LogP contribution < -0.4 is 14.2 Å². The molecule has 0 spiro atoms. The van der Waals surface area contributed by atoms with Crippen molar-refractivity contribution in [2.24, 2.45) is 0 Å². The fourth-order valence-corrected chi connectivity index (χ4v) is 2.27. The van der Waals surface area contributed by atoms with Gasteiger partial charge in [-0.2, -0.15) is 0 Å². The molecule has 0 atom stereocenters. The molecule has 0 aliphatic rings. The minimum atomic E-state index is -0.761. The van der Waals surface area contributed by atoms with Gasteiger partial charge in [0.15, 0.2) is 6.29 Å². The lowest BCUT2D eigenvalue weighted by molar-refractivity contribution is -0.139. The number of carbonyl (C=O) groups is 3. The first-order valence-electron chi connectivity index (χ1n) is 8.65. The molecule has 7 heteroatoms. The lowest BCUT2D eigenvalue weighted by Crippen LogP contribution is -2.08. The van der Waals surface area contributed by atoms with E-state index in [0.29, 0.717) is 28.9 Å². The Labute approximate surface area is 168 Å². The highest BCUT2D eigenvalue weighted by atomic mass is 16.5. The number of carbonyl (C=O) groups excluding carboxylic acids is 3. The standard InChI is InChI=1S/C22H20O7/c1-4-28-21(24)17(14-23)6-5-15-7-12-19(13-20(15)27-3)29-22(25)16-8-10-18(26-2)11-9-16/h5,7-14H,4H2,1-3H3. The van der Waals surface area contributed by atoms with Crippen LogP contribution in [0.25, 0.3) is 6.08 Å². The summed E-state index contributed by atoms with van der Waals surface area (Å²) in [6.07, 6.45) is 1.78. The van der Waals surface area contributed by atoms with Gasteiger partial charge in [0.2, 0.25) is 0 Å². The molecular weight excluding hydrogens is 376 g/mol. The van der Waals surface area contributed by atoms with E-state index in [1.54, 1.807) is 43.3 Å². The summed E-state index contributed by atoms with van der Waals surface area (Å²) < 4.78 is 20.5. The number of hydrogen-bond donors (Lipinski definition) is 0. The Morgan fingerprint density at radius 3 is 2.28 bits per heavy atom. The average molecular weight is 396 g/mol. The molecule has 2 aromatic carbocycles. The van der Waals surface area contributed by atoms with Gasteiger partial charge in [0.05, 0.1) is 26.4 Å². The van der Waals surface area contributed by atoms with E-state index in [-0.39, 0.29) is 17.9 Å². The van der Waals surface area contributed by atoms with Gasteiger partial charge in [0.1, 0.15) is 22.8 Å². The Bertz CT molecular complexity index is 952. The molecule has 0 saturated heterocycles. The molecule has 0 aliphatic carbocycles. The van der Waals surface area contributed by atoms with Crippen LogP contribution >= 0.6 is 0 Å². The summed E-state index contributed by atoms with van der Waals surface area (Å²) >= 11 is 0. The first-order chi connectivity index (χ1) is 14.0. The van der Waals surface area contributed by atoms with Crippen molar-refractivity contribution in [3.63, 3.8) is 0 Å². The second-order valence-corrected chi connectivity index (χ2v) is 5.56. The highest BCUT2D eigenvalue weighted by molar-refractivity contribution is 6.07. The van der Waals surface area contributed by atoms with Crippen LogP contribution in [0.3, 0.4) is 0 Å². The lowest BCUT2D eigenvalue weighted by atomic mass is 10.1. The quantitative estimate of drug-likeness (QED) is 0.129. The first kappa shape index (κ1) is 21.5. The summed E-state index contributed by atoms with van der Waals surface area (Å²) in [6.45, 7) is 1.79. The summed E-state index contributed by atoms with van der Waals surface area (Å²) in [5, 5.41) is 0. The van der Waals surface area contributed by atoms with Crippen LogP contribution in [0.2, 0.25) is 0 Å². The van der Waals surface area contributed by atoms with E-state index in [1.165, 1.54) is 26.4 Å². The zero-order valence-electron chi connectivity index (χ0n) is 16.3. The molecule has 0 fully saturated rings. The zero-order valence-corrected chi connectivity index (χ0v) is 16.3. The Morgan fingerprint density at radius 2 is 1.69 bits per heavy atom. The van der Waals surface area contributed by atoms with Gasteiger partial charge in [-0.25, -0.2) is 9.59 Å². The maximum atomic E-state index is 12.3. The van der Waals surface area contributed by atoms with Crippen LogP contribution in [0.15, 0.2) is 53.8 Å². The molecular formula is C22H20O7. The SMILES string of the molecule is CCOC(=O)C(=C=Cc1ccc(OC(=O)c2ccc(OC)cc2)cc1OC)C=O. The van der Waals surface area contributed by atoms with Gasteiger partial charge in [-0.05, 0) is 49.4 Å². The van der Waals surface area contributed by atoms with Crippen LogP contribution in [0.5, 0.6) is 17.2 Å². The van der Waals surface area contributed by atoms with Crippen LogP contribution in [-0.4, -0.2) is 39.1 Å². The molecule has 0 N–H and O–H groups in total. The summed E-state index contributed by atoms with van der Waals surface area (Å²) in [7, 11) is 2.98. The van der Waals surface area contributed by atoms with Gasteiger partial charge in [0.25, 0.3) is 0 Å². The second-order valence-electron chi connectivity index (χ2n) is 5.56. The summed E-state index contributed by atoms with van der Waals surface area (Å²) in [6, 6.07) is 11.2. The summed E-state index contributed by atoms with van der Waals surface area (Å²) in [4.78, 5) is 34.9. The van der Waals surface area contributed by atoms with Crippen molar-refractivity contribution in [2.75, 3.05) is 20.8 Å². The van der Waals surface area contributed by atoms with Crippen molar-refractivity contribution in [3.8, 4) is 17.2 Å². The number of esters is 2. The molecule has 0 aliphatic heterocycles. The zero-order chi connectivity index (χ0) is 21.2. The monoisotopic (exact) mass is 396 g/mol. The van der Waals surface area contributed by atoms with Crippen LogP contribution in [0, 0.1) is 0 Å². The second kappa shape index (κ2) is 10.5. The van der Waals surface area contributed by atoms with Crippen molar-refractivity contribution in [1.29, 1.82) is 0 Å². The highest BCUT2D eigenvalue weighted by Crippen LogP contribution is 2.26. The highest BCUT2D eigenvalue weighted by Gasteiger charge is 2.11. The van der Waals surface area contributed by atoms with Gasteiger partial charge in [0, 0.05) is 11.6 Å². The van der Waals surface area contributed by atoms with Crippen LogP contribution in [0.1, 0.15) is 22.8 Å². The van der Waals surface area contributed by atoms with Gasteiger partial charge in [-0.15, -0.1) is 5.73 Å². The molecule has 0 amide bonds. The molecule has 150 valence electrons. The van der Waals surface area contributed by atoms with E-state index in [0.717, 1.165) is 0 Å². The average Bonchev–Trinajstić information content (AvgIpc) is 2.75. The molecule has 0 bridgehead atoms. The third kappa shape index (κ3) is 5.82. The first-order valence-corrected chi connectivity index (χ1v) is 8.65. The van der Waals surface area contributed by atoms with Crippen LogP contribution in [0.4, 0.5) is 0 Å². The Morgan fingerprint density at radius 1 is 1.00 bits per heavy atom. The fourth-order valence-electron chi connectivity index (χ4n) is 2.27. The third-order valence-corrected chi connectivity index (χ3v) is 3.74. The van der Waals surface area contributed by atoms with Crippen molar-refractivity contribution in [2.45, 2.75) is 6.92 Å². The smallest absolute Gasteiger partial charge is 0.349 e. The molecule has 0 heterocycles. The molecule has 0 unspecified atom stereocenters. The fraction of sp³-hybridized carbons (Fsp3) is 0.182. The molecule has 29 heavy (non-hydrogen) atoms. The predicted molar refractivity (Wildman–Crippen MR) is 105 cm³/mol. The largest absolute Gasteiger partial charge is 0.497 e. The Kier molecular flexibility index (Phi) is 7.77. The van der Waals surface area contributed by atoms with E-state index in [2.05, 4.69) is 5.73 Å². The lowest BCUT2D eigenvalue weighted by Gasteiger charge is -2.09. The molecule has 2 aromatic rings. The van der Waals surface area contributed by atoms with E-state index in [4.69, 9.17) is 18.9 Å². The van der Waals surface area contributed by atoms with Crippen molar-refractivity contribution in [1.82, 2.24) is 0 Å². The van der Waals surface area contributed by atoms with Gasteiger partial charge in [-0.3, -0.25) is 4.79 Å². The number of rotatable bonds is 8. The van der Waals surface area contributed by atoms with E-state index in [9.17, 15) is 14.4 Å². The van der Waals surface area contributed by atoms with Crippen LogP contribution in [-0.2, 0) is 14.3 Å². The van der Waals surface area contributed by atoms with Gasteiger partial charge < -0.3 is 18.9 Å². The topological polar surface area (TPSA) is 88.1 Å². The minimum absolute atomic E-state index is 0.148. The molecule has 0 aromatic heterocycles. The minimum Gasteiger partial charge on any atom is -0.497 e. The van der Waals surface area contributed by atoms with E-state index < -0.39 is 11.9 Å². The van der Waals surface area contributed by atoms with Gasteiger partial charge >= 0.3 is 11.9 Å². The molecule has 0 radical (unpaired) electrons. The number of aldehydes is 1. The number of ether oxygens (including phenoxy) is 4. The summed E-state index contributed by atoms with van der Waals surface area (Å²) in [5.74, 6) is -0.0347. The maximum absolute atomic E-state index is 12.3. The van der Waals surface area contributed by atoms with Crippen molar-refractivity contribution < 1.29 is 33.3 Å². The van der Waals surface area contributed by atoms with E-state index in [1.807, 2.05) is 0 Å². The van der Waals surface area contributed by atoms with E-state index >= 15 is 0 Å². The molecule has 2 rings (SSSR count). The molecule has 0 saturated carbocycles.